The summed E-state index contributed by atoms with van der Waals surface area (Å²) in [4.78, 5) is 22.8. The topological polar surface area (TPSA) is 83.6 Å². The van der Waals surface area contributed by atoms with Gasteiger partial charge in [-0.15, -0.1) is 0 Å². The van der Waals surface area contributed by atoms with Crippen molar-refractivity contribution < 1.29 is 14.8 Å². The van der Waals surface area contributed by atoms with E-state index in [-0.39, 0.29) is 12.3 Å². The Balaban J connectivity index is 1.96. The normalized spacial score (nSPS) is 9.61. The summed E-state index contributed by atoms with van der Waals surface area (Å²) < 4.78 is 0. The molecule has 23 heavy (non-hydrogen) atoms. The molecule has 0 fully saturated rings. The van der Waals surface area contributed by atoms with Gasteiger partial charge in [0.25, 0.3) is 0 Å². The highest BCUT2D eigenvalue weighted by Crippen LogP contribution is 2.11. The number of carbonyl (C=O) groups excluding carboxylic acids is 2. The number of ketones is 1. The standard InChI is InChI=1S/C18H16N2O3/c19-18(22)20(23)13-5-4-6-14-9-11-16(12-10-14)17(21)15-7-2-1-3-8-15/h1-3,7-12,23H,6,13H2,(H2,19,22). The van der Waals surface area contributed by atoms with E-state index in [9.17, 15) is 9.59 Å². The Labute approximate surface area is 134 Å². The third-order valence-corrected chi connectivity index (χ3v) is 3.15. The molecule has 0 heterocycles. The lowest BCUT2D eigenvalue weighted by Gasteiger charge is -2.05. The fraction of sp³-hybridized carbons (Fsp3) is 0.111. The van der Waals surface area contributed by atoms with Gasteiger partial charge in [0.15, 0.2) is 5.78 Å². The van der Waals surface area contributed by atoms with Crippen molar-refractivity contribution in [3.8, 4) is 11.8 Å². The van der Waals surface area contributed by atoms with Crippen LogP contribution in [0.4, 0.5) is 4.79 Å². The number of rotatable bonds is 4. The van der Waals surface area contributed by atoms with Gasteiger partial charge < -0.3 is 5.73 Å². The molecule has 0 saturated heterocycles. The van der Waals surface area contributed by atoms with Gasteiger partial charge in [-0.2, -0.15) is 5.06 Å². The lowest BCUT2D eigenvalue weighted by atomic mass is 10.0. The number of carbonyl (C=O) groups is 2. The van der Waals surface area contributed by atoms with E-state index in [4.69, 9.17) is 10.9 Å². The number of urea groups is 1. The van der Waals surface area contributed by atoms with Gasteiger partial charge in [-0.25, -0.2) is 4.79 Å². The van der Waals surface area contributed by atoms with Crippen LogP contribution in [0.1, 0.15) is 21.5 Å². The highest BCUT2D eigenvalue weighted by molar-refractivity contribution is 6.08. The average Bonchev–Trinajstić information content (AvgIpc) is 2.59. The van der Waals surface area contributed by atoms with Crippen LogP contribution >= 0.6 is 0 Å². The minimum Gasteiger partial charge on any atom is -0.350 e. The van der Waals surface area contributed by atoms with E-state index in [1.54, 1.807) is 24.3 Å². The van der Waals surface area contributed by atoms with Gasteiger partial charge in [0, 0.05) is 17.5 Å². The Kier molecular flexibility index (Phi) is 5.50. The SMILES string of the molecule is NC(=O)N(O)CC#CCc1ccc(C(=O)c2ccccc2)cc1. The monoisotopic (exact) mass is 308 g/mol. The summed E-state index contributed by atoms with van der Waals surface area (Å²) in [6.07, 6.45) is 0.451. The van der Waals surface area contributed by atoms with Crippen molar-refractivity contribution in [2.75, 3.05) is 6.54 Å². The van der Waals surface area contributed by atoms with E-state index in [1.165, 1.54) is 0 Å². The van der Waals surface area contributed by atoms with Crippen molar-refractivity contribution in [1.82, 2.24) is 5.06 Å². The zero-order valence-electron chi connectivity index (χ0n) is 12.4. The fourth-order valence-corrected chi connectivity index (χ4v) is 1.90. The molecule has 0 radical (unpaired) electrons. The minimum atomic E-state index is -0.942. The number of amides is 2. The van der Waals surface area contributed by atoms with Crippen LogP contribution in [-0.4, -0.2) is 28.6 Å². The van der Waals surface area contributed by atoms with Crippen molar-refractivity contribution in [3.05, 3.63) is 71.3 Å². The molecule has 3 N–H and O–H groups in total. The molecular formula is C18H16N2O3. The number of primary amides is 1. The number of nitrogens with two attached hydrogens (primary N) is 1. The molecule has 0 saturated carbocycles. The third-order valence-electron chi connectivity index (χ3n) is 3.15. The van der Waals surface area contributed by atoms with Crippen molar-refractivity contribution >= 4 is 11.8 Å². The molecule has 2 aromatic carbocycles. The van der Waals surface area contributed by atoms with Gasteiger partial charge >= 0.3 is 6.03 Å². The maximum atomic E-state index is 12.3. The lowest BCUT2D eigenvalue weighted by molar-refractivity contribution is -0.0269. The number of benzene rings is 2. The number of hydrogen-bond donors (Lipinski definition) is 2. The number of hydroxylamine groups is 2. The predicted octanol–water partition coefficient (Wildman–Crippen LogP) is 2.23. The molecule has 5 nitrogen and oxygen atoms in total. The molecule has 5 heteroatoms. The van der Waals surface area contributed by atoms with Crippen LogP contribution < -0.4 is 5.73 Å². The molecule has 0 aliphatic carbocycles. The highest BCUT2D eigenvalue weighted by atomic mass is 16.5. The molecule has 0 unspecified atom stereocenters. The van der Waals surface area contributed by atoms with E-state index in [1.807, 2.05) is 30.3 Å². The lowest BCUT2D eigenvalue weighted by Crippen LogP contribution is -2.32. The minimum absolute atomic E-state index is 0.0272. The fourth-order valence-electron chi connectivity index (χ4n) is 1.90. The maximum absolute atomic E-state index is 12.3. The summed E-state index contributed by atoms with van der Waals surface area (Å²) in [5.41, 5.74) is 7.06. The Bertz CT molecular complexity index is 743. The number of nitrogens with zero attached hydrogens (tertiary/aromatic N) is 1. The molecule has 0 aliphatic heterocycles. The molecule has 0 bridgehead atoms. The summed E-state index contributed by atoms with van der Waals surface area (Å²) in [5.74, 6) is 5.43. The van der Waals surface area contributed by atoms with Crippen LogP contribution in [0.2, 0.25) is 0 Å². The summed E-state index contributed by atoms with van der Waals surface area (Å²) in [6.45, 7) is -0.139. The van der Waals surface area contributed by atoms with Crippen molar-refractivity contribution in [1.29, 1.82) is 0 Å². The van der Waals surface area contributed by atoms with E-state index in [0.717, 1.165) is 5.56 Å². The van der Waals surface area contributed by atoms with Gasteiger partial charge in [-0.05, 0) is 5.56 Å². The van der Waals surface area contributed by atoms with Crippen molar-refractivity contribution in [2.45, 2.75) is 6.42 Å². The first-order valence-electron chi connectivity index (χ1n) is 6.98. The van der Waals surface area contributed by atoms with Crippen molar-refractivity contribution in [2.24, 2.45) is 5.73 Å². The molecule has 2 amide bonds. The van der Waals surface area contributed by atoms with Crippen LogP contribution in [0.25, 0.3) is 0 Å². The maximum Gasteiger partial charge on any atom is 0.339 e. The van der Waals surface area contributed by atoms with E-state index >= 15 is 0 Å². The van der Waals surface area contributed by atoms with Crippen LogP contribution in [0.3, 0.4) is 0 Å². The molecule has 2 rings (SSSR count). The second-order valence-electron chi connectivity index (χ2n) is 4.82. The average molecular weight is 308 g/mol. The molecule has 2 aromatic rings. The van der Waals surface area contributed by atoms with Crippen LogP contribution in [-0.2, 0) is 6.42 Å². The largest absolute Gasteiger partial charge is 0.350 e. The van der Waals surface area contributed by atoms with Gasteiger partial charge in [-0.3, -0.25) is 10.0 Å². The summed E-state index contributed by atoms with van der Waals surface area (Å²) >= 11 is 0. The summed E-state index contributed by atoms with van der Waals surface area (Å²) in [6, 6.07) is 15.3. The summed E-state index contributed by atoms with van der Waals surface area (Å²) in [7, 11) is 0. The Morgan fingerprint density at radius 3 is 2.17 bits per heavy atom. The highest BCUT2D eigenvalue weighted by Gasteiger charge is 2.07. The van der Waals surface area contributed by atoms with Gasteiger partial charge in [-0.1, -0.05) is 66.4 Å². The quantitative estimate of drug-likeness (QED) is 0.393. The van der Waals surface area contributed by atoms with Crippen LogP contribution in [0.15, 0.2) is 54.6 Å². The second kappa shape index (κ2) is 7.78. The van der Waals surface area contributed by atoms with Crippen LogP contribution in [0, 0.1) is 11.8 Å². The molecule has 0 aromatic heterocycles. The zero-order valence-corrected chi connectivity index (χ0v) is 12.4. The second-order valence-corrected chi connectivity index (χ2v) is 4.82. The molecule has 0 atom stereocenters. The number of hydrogen-bond acceptors (Lipinski definition) is 3. The molecule has 116 valence electrons. The van der Waals surface area contributed by atoms with Gasteiger partial charge in [0.2, 0.25) is 0 Å². The summed E-state index contributed by atoms with van der Waals surface area (Å²) in [5, 5.41) is 9.39. The first kappa shape index (κ1) is 16.3. The van der Waals surface area contributed by atoms with Gasteiger partial charge in [0.1, 0.15) is 6.54 Å². The zero-order chi connectivity index (χ0) is 16.7. The first-order valence-corrected chi connectivity index (χ1v) is 6.98. The van der Waals surface area contributed by atoms with E-state index < -0.39 is 6.03 Å². The van der Waals surface area contributed by atoms with Crippen molar-refractivity contribution in [3.63, 3.8) is 0 Å². The Morgan fingerprint density at radius 2 is 1.57 bits per heavy atom. The Hall–Kier alpha value is -3.10. The smallest absolute Gasteiger partial charge is 0.339 e. The van der Waals surface area contributed by atoms with Gasteiger partial charge in [0.05, 0.1) is 0 Å². The molecular weight excluding hydrogens is 292 g/mol. The molecule has 0 spiro atoms. The predicted molar refractivity (Wildman–Crippen MR) is 85.9 cm³/mol. The first-order chi connectivity index (χ1) is 11.1. The van der Waals surface area contributed by atoms with E-state index in [0.29, 0.717) is 22.6 Å². The Morgan fingerprint density at radius 1 is 0.957 bits per heavy atom. The third kappa shape index (κ3) is 4.70. The van der Waals surface area contributed by atoms with Crippen LogP contribution in [0.5, 0.6) is 0 Å². The van der Waals surface area contributed by atoms with E-state index in [2.05, 4.69) is 11.8 Å². The molecule has 0 aliphatic rings.